The zero-order valence-corrected chi connectivity index (χ0v) is 9.45. The fourth-order valence-corrected chi connectivity index (χ4v) is 2.37. The van der Waals surface area contributed by atoms with Crippen LogP contribution in [0.4, 0.5) is 5.69 Å². The molecule has 2 heterocycles. The number of rotatable bonds is 1. The highest BCUT2D eigenvalue weighted by molar-refractivity contribution is 5.91. The van der Waals surface area contributed by atoms with E-state index in [1.54, 1.807) is 6.92 Å². The third-order valence-electron chi connectivity index (χ3n) is 3.35. The first kappa shape index (κ1) is 9.46. The zero-order valence-electron chi connectivity index (χ0n) is 9.45. The van der Waals surface area contributed by atoms with Crippen molar-refractivity contribution in [1.29, 1.82) is 0 Å². The minimum absolute atomic E-state index is 0.0354. The van der Waals surface area contributed by atoms with Gasteiger partial charge in [-0.2, -0.15) is 0 Å². The van der Waals surface area contributed by atoms with E-state index in [9.17, 15) is 4.79 Å². The topological polar surface area (TPSA) is 34.0 Å². The average Bonchev–Trinajstić information content (AvgIpc) is 2.80. The van der Waals surface area contributed by atoms with Crippen molar-refractivity contribution in [3.05, 3.63) is 30.0 Å². The maximum atomic E-state index is 11.3. The van der Waals surface area contributed by atoms with Crippen LogP contribution in [0, 0.1) is 0 Å². The Morgan fingerprint density at radius 2 is 2.31 bits per heavy atom. The monoisotopic (exact) mass is 214 g/mol. The molecule has 0 bridgehead atoms. The molecule has 82 valence electrons. The SMILES string of the molecule is CC(=O)C1Cc2cc3c(ccn3C)cc2N1. The normalized spacial score (nSPS) is 18.5. The van der Waals surface area contributed by atoms with E-state index in [1.165, 1.54) is 16.5 Å². The number of anilines is 1. The number of hydrogen-bond acceptors (Lipinski definition) is 2. The predicted molar refractivity (Wildman–Crippen MR) is 64.7 cm³/mol. The molecule has 1 aliphatic heterocycles. The second-order valence-corrected chi connectivity index (χ2v) is 4.51. The fourth-order valence-electron chi connectivity index (χ4n) is 2.37. The van der Waals surface area contributed by atoms with Gasteiger partial charge in [0.2, 0.25) is 0 Å². The molecule has 0 saturated carbocycles. The molecule has 0 fully saturated rings. The highest BCUT2D eigenvalue weighted by Gasteiger charge is 2.24. The van der Waals surface area contributed by atoms with Crippen molar-refractivity contribution < 1.29 is 4.79 Å². The van der Waals surface area contributed by atoms with Crippen LogP contribution in [0.3, 0.4) is 0 Å². The van der Waals surface area contributed by atoms with Crippen LogP contribution >= 0.6 is 0 Å². The third kappa shape index (κ3) is 1.24. The van der Waals surface area contributed by atoms with Gasteiger partial charge in [0.15, 0.2) is 5.78 Å². The predicted octanol–water partition coefficient (Wildman–Crippen LogP) is 2.10. The first-order valence-corrected chi connectivity index (χ1v) is 5.50. The molecule has 1 aromatic heterocycles. The highest BCUT2D eigenvalue weighted by Crippen LogP contribution is 2.31. The van der Waals surface area contributed by atoms with Crippen molar-refractivity contribution in [1.82, 2.24) is 4.57 Å². The van der Waals surface area contributed by atoms with Gasteiger partial charge in [-0.15, -0.1) is 0 Å². The number of fused-ring (bicyclic) bond motifs is 2. The quantitative estimate of drug-likeness (QED) is 0.788. The summed E-state index contributed by atoms with van der Waals surface area (Å²) in [5, 5.41) is 4.50. The molecule has 0 radical (unpaired) electrons. The molecule has 1 unspecified atom stereocenters. The maximum absolute atomic E-state index is 11.3. The molecule has 0 amide bonds. The van der Waals surface area contributed by atoms with Crippen molar-refractivity contribution in [3.63, 3.8) is 0 Å². The van der Waals surface area contributed by atoms with Gasteiger partial charge in [0.05, 0.1) is 6.04 Å². The van der Waals surface area contributed by atoms with Gasteiger partial charge in [0.1, 0.15) is 0 Å². The standard InChI is InChI=1S/C13H14N2O/c1-8(16)11-6-10-7-13-9(3-4-15(13)2)5-12(10)14-11/h3-5,7,11,14H,6H2,1-2H3. The molecular weight excluding hydrogens is 200 g/mol. The van der Waals surface area contributed by atoms with Crippen LogP contribution in [-0.2, 0) is 18.3 Å². The first-order chi connectivity index (χ1) is 7.65. The number of aromatic nitrogens is 1. The van der Waals surface area contributed by atoms with E-state index < -0.39 is 0 Å². The number of ketones is 1. The van der Waals surface area contributed by atoms with Crippen LogP contribution in [-0.4, -0.2) is 16.4 Å². The van der Waals surface area contributed by atoms with Gasteiger partial charge in [-0.1, -0.05) is 0 Å². The van der Waals surface area contributed by atoms with Gasteiger partial charge < -0.3 is 9.88 Å². The summed E-state index contributed by atoms with van der Waals surface area (Å²) < 4.78 is 2.11. The number of carbonyl (C=O) groups excluding carboxylic acids is 1. The molecule has 1 aliphatic rings. The average molecular weight is 214 g/mol. The second-order valence-electron chi connectivity index (χ2n) is 4.51. The van der Waals surface area contributed by atoms with E-state index in [2.05, 4.69) is 34.3 Å². The zero-order chi connectivity index (χ0) is 11.3. The van der Waals surface area contributed by atoms with Gasteiger partial charge in [0, 0.05) is 36.3 Å². The van der Waals surface area contributed by atoms with Gasteiger partial charge in [-0.25, -0.2) is 0 Å². The van der Waals surface area contributed by atoms with E-state index in [4.69, 9.17) is 0 Å². The smallest absolute Gasteiger partial charge is 0.152 e. The fraction of sp³-hybridized carbons (Fsp3) is 0.308. The van der Waals surface area contributed by atoms with Crippen molar-refractivity contribution >= 4 is 22.4 Å². The Labute approximate surface area is 94.1 Å². The number of aryl methyl sites for hydroxylation is 1. The number of carbonyl (C=O) groups is 1. The highest BCUT2D eigenvalue weighted by atomic mass is 16.1. The summed E-state index contributed by atoms with van der Waals surface area (Å²) in [4.78, 5) is 11.3. The molecule has 3 nitrogen and oxygen atoms in total. The van der Waals surface area contributed by atoms with E-state index in [1.807, 2.05) is 7.05 Å². The third-order valence-corrected chi connectivity index (χ3v) is 3.35. The lowest BCUT2D eigenvalue weighted by atomic mass is 10.1. The van der Waals surface area contributed by atoms with Crippen molar-refractivity contribution in [3.8, 4) is 0 Å². The molecule has 1 aromatic carbocycles. The van der Waals surface area contributed by atoms with E-state index in [0.29, 0.717) is 0 Å². The van der Waals surface area contributed by atoms with Crippen LogP contribution in [0.15, 0.2) is 24.4 Å². The molecule has 3 heteroatoms. The van der Waals surface area contributed by atoms with Crippen molar-refractivity contribution in [2.75, 3.05) is 5.32 Å². The van der Waals surface area contributed by atoms with Gasteiger partial charge >= 0.3 is 0 Å². The Morgan fingerprint density at radius 1 is 1.50 bits per heavy atom. The van der Waals surface area contributed by atoms with Gasteiger partial charge in [0.25, 0.3) is 0 Å². The lowest BCUT2D eigenvalue weighted by Crippen LogP contribution is -2.23. The van der Waals surface area contributed by atoms with Crippen LogP contribution in [0.1, 0.15) is 12.5 Å². The number of nitrogens with one attached hydrogen (secondary N) is 1. The molecule has 1 atom stereocenters. The molecule has 2 aromatic rings. The van der Waals surface area contributed by atoms with Crippen molar-refractivity contribution in [2.24, 2.45) is 7.05 Å². The van der Waals surface area contributed by atoms with Gasteiger partial charge in [-0.05, 0) is 30.7 Å². The van der Waals surface area contributed by atoms with E-state index in [-0.39, 0.29) is 11.8 Å². The van der Waals surface area contributed by atoms with Gasteiger partial charge in [-0.3, -0.25) is 4.79 Å². The van der Waals surface area contributed by atoms with Crippen molar-refractivity contribution in [2.45, 2.75) is 19.4 Å². The Hall–Kier alpha value is -1.77. The molecule has 0 saturated heterocycles. The minimum atomic E-state index is -0.0354. The lowest BCUT2D eigenvalue weighted by Gasteiger charge is -2.05. The summed E-state index contributed by atoms with van der Waals surface area (Å²) in [5.74, 6) is 0.209. The van der Waals surface area contributed by atoms with Crippen LogP contribution in [0.2, 0.25) is 0 Å². The summed E-state index contributed by atoms with van der Waals surface area (Å²) in [7, 11) is 2.04. The molecule has 3 rings (SSSR count). The Balaban J connectivity index is 2.12. The Morgan fingerprint density at radius 3 is 3.06 bits per heavy atom. The minimum Gasteiger partial charge on any atom is -0.375 e. The molecule has 0 spiro atoms. The second kappa shape index (κ2) is 3.11. The van der Waals surface area contributed by atoms with Crippen LogP contribution < -0.4 is 5.32 Å². The number of benzene rings is 1. The maximum Gasteiger partial charge on any atom is 0.152 e. The molecule has 0 aliphatic carbocycles. The number of hydrogen-bond donors (Lipinski definition) is 1. The molecule has 1 N–H and O–H groups in total. The van der Waals surface area contributed by atoms with E-state index >= 15 is 0 Å². The Bertz CT molecular complexity index is 583. The largest absolute Gasteiger partial charge is 0.375 e. The summed E-state index contributed by atoms with van der Waals surface area (Å²) in [6, 6.07) is 6.37. The lowest BCUT2D eigenvalue weighted by molar-refractivity contribution is -0.117. The molecular formula is C13H14N2O. The summed E-state index contributed by atoms with van der Waals surface area (Å²) in [5.41, 5.74) is 3.58. The number of Topliss-reactive ketones (excluding diaryl/α,β-unsaturated/α-hetero) is 1. The number of nitrogens with zero attached hydrogens (tertiary/aromatic N) is 1. The summed E-state index contributed by atoms with van der Waals surface area (Å²) in [6.07, 6.45) is 2.87. The first-order valence-electron chi connectivity index (χ1n) is 5.50. The molecule has 16 heavy (non-hydrogen) atoms. The van der Waals surface area contributed by atoms with E-state index in [0.717, 1.165) is 12.1 Å². The van der Waals surface area contributed by atoms with Crippen LogP contribution in [0.25, 0.3) is 10.9 Å². The summed E-state index contributed by atoms with van der Waals surface area (Å²) in [6.45, 7) is 1.64. The van der Waals surface area contributed by atoms with Crippen LogP contribution in [0.5, 0.6) is 0 Å². The summed E-state index contributed by atoms with van der Waals surface area (Å²) >= 11 is 0. The Kier molecular flexibility index (Phi) is 1.84.